The molecule has 6 heteroatoms. The van der Waals surface area contributed by atoms with E-state index in [0.717, 1.165) is 42.2 Å². The molecule has 6 nitrogen and oxygen atoms in total. The highest BCUT2D eigenvalue weighted by Gasteiger charge is 2.21. The quantitative estimate of drug-likeness (QED) is 0.547. The zero-order chi connectivity index (χ0) is 20.2. The normalized spacial score (nSPS) is 14.1. The first-order valence-electron chi connectivity index (χ1n) is 10.0. The Bertz CT molecular complexity index is 1070. The summed E-state index contributed by atoms with van der Waals surface area (Å²) in [6, 6.07) is 15.1. The smallest absolute Gasteiger partial charge is 0.362 e. The molecule has 4 rings (SSSR count). The summed E-state index contributed by atoms with van der Waals surface area (Å²) in [5, 5.41) is 9.77. The molecule has 1 fully saturated rings. The van der Waals surface area contributed by atoms with E-state index in [9.17, 15) is 9.59 Å². The Labute approximate surface area is 169 Å². The standard InChI is InChI=1S/C23H25N3O3/c1-15-10-12-16(13-11-15)14-24-23(28)26-21-20(25-17-6-2-3-7-17)18-8-4-5-9-19(18)29-22(21)27/h4-5,8-13,17,25H,2-3,6-7,14H2,1H3,(H2,24,26,28). The average Bonchev–Trinajstić information content (AvgIpc) is 3.23. The van der Waals surface area contributed by atoms with E-state index in [-0.39, 0.29) is 11.7 Å². The Kier molecular flexibility index (Phi) is 5.51. The molecule has 0 aliphatic heterocycles. The lowest BCUT2D eigenvalue weighted by Gasteiger charge is -2.18. The molecule has 0 unspecified atom stereocenters. The Morgan fingerprint density at radius 1 is 1.03 bits per heavy atom. The summed E-state index contributed by atoms with van der Waals surface area (Å²) in [6.07, 6.45) is 4.43. The van der Waals surface area contributed by atoms with Crippen LogP contribution in [0.1, 0.15) is 36.8 Å². The largest absolute Gasteiger partial charge is 0.421 e. The van der Waals surface area contributed by atoms with Gasteiger partial charge in [-0.3, -0.25) is 5.32 Å². The van der Waals surface area contributed by atoms with Crippen LogP contribution in [0.2, 0.25) is 0 Å². The predicted molar refractivity (Wildman–Crippen MR) is 115 cm³/mol. The fourth-order valence-electron chi connectivity index (χ4n) is 3.73. The first kappa shape index (κ1) is 19.1. The zero-order valence-corrected chi connectivity index (χ0v) is 16.5. The fourth-order valence-corrected chi connectivity index (χ4v) is 3.73. The second-order valence-corrected chi connectivity index (χ2v) is 7.55. The average molecular weight is 391 g/mol. The summed E-state index contributed by atoms with van der Waals surface area (Å²) in [4.78, 5) is 25.1. The second kappa shape index (κ2) is 8.39. The number of aryl methyl sites for hydroxylation is 1. The molecule has 150 valence electrons. The third-order valence-electron chi connectivity index (χ3n) is 5.33. The number of urea groups is 1. The summed E-state index contributed by atoms with van der Waals surface area (Å²) in [5.41, 5.74) is 2.87. The number of benzene rings is 2. The van der Waals surface area contributed by atoms with Gasteiger partial charge in [0.05, 0.1) is 5.69 Å². The Morgan fingerprint density at radius 3 is 2.52 bits per heavy atom. The van der Waals surface area contributed by atoms with Crippen LogP contribution in [0.4, 0.5) is 16.2 Å². The van der Waals surface area contributed by atoms with E-state index in [0.29, 0.717) is 17.8 Å². The molecular formula is C23H25N3O3. The second-order valence-electron chi connectivity index (χ2n) is 7.55. The van der Waals surface area contributed by atoms with Gasteiger partial charge in [0, 0.05) is 18.0 Å². The van der Waals surface area contributed by atoms with Crippen molar-refractivity contribution in [1.29, 1.82) is 0 Å². The summed E-state index contributed by atoms with van der Waals surface area (Å²) in [7, 11) is 0. The monoisotopic (exact) mass is 391 g/mol. The van der Waals surface area contributed by atoms with Crippen molar-refractivity contribution in [1.82, 2.24) is 5.32 Å². The molecule has 3 aromatic rings. The lowest BCUT2D eigenvalue weighted by molar-refractivity contribution is 0.251. The lowest BCUT2D eigenvalue weighted by Crippen LogP contribution is -2.31. The van der Waals surface area contributed by atoms with Gasteiger partial charge in [0.25, 0.3) is 0 Å². The number of anilines is 2. The van der Waals surface area contributed by atoms with Crippen LogP contribution in [-0.2, 0) is 6.54 Å². The van der Waals surface area contributed by atoms with Crippen LogP contribution in [0.25, 0.3) is 11.0 Å². The Balaban J connectivity index is 1.58. The van der Waals surface area contributed by atoms with Crippen LogP contribution in [0, 0.1) is 6.92 Å². The molecule has 0 radical (unpaired) electrons. The number of amides is 2. The van der Waals surface area contributed by atoms with Crippen LogP contribution in [0.3, 0.4) is 0 Å². The minimum Gasteiger partial charge on any atom is -0.421 e. The van der Waals surface area contributed by atoms with E-state index in [4.69, 9.17) is 4.42 Å². The maximum Gasteiger partial charge on any atom is 0.362 e. The molecule has 2 amide bonds. The summed E-state index contributed by atoms with van der Waals surface area (Å²) >= 11 is 0. The van der Waals surface area contributed by atoms with Crippen LogP contribution < -0.4 is 21.6 Å². The maximum absolute atomic E-state index is 12.6. The molecule has 0 atom stereocenters. The highest BCUT2D eigenvalue weighted by molar-refractivity contribution is 6.01. The number of para-hydroxylation sites is 1. The molecule has 3 N–H and O–H groups in total. The molecule has 1 saturated carbocycles. The van der Waals surface area contributed by atoms with Gasteiger partial charge in [0.2, 0.25) is 0 Å². The van der Waals surface area contributed by atoms with Crippen molar-refractivity contribution in [3.63, 3.8) is 0 Å². The third-order valence-corrected chi connectivity index (χ3v) is 5.33. The zero-order valence-electron chi connectivity index (χ0n) is 16.5. The number of carbonyl (C=O) groups is 1. The summed E-state index contributed by atoms with van der Waals surface area (Å²) in [5.74, 6) is 0. The molecule has 0 saturated heterocycles. The van der Waals surface area contributed by atoms with Crippen LogP contribution >= 0.6 is 0 Å². The predicted octanol–water partition coefficient (Wildman–Crippen LogP) is 4.78. The highest BCUT2D eigenvalue weighted by Crippen LogP contribution is 2.32. The van der Waals surface area contributed by atoms with Gasteiger partial charge in [0.15, 0.2) is 5.69 Å². The molecule has 29 heavy (non-hydrogen) atoms. The van der Waals surface area contributed by atoms with E-state index in [1.807, 2.05) is 49.4 Å². The fraction of sp³-hybridized carbons (Fsp3) is 0.304. The van der Waals surface area contributed by atoms with Crippen molar-refractivity contribution in [2.75, 3.05) is 10.6 Å². The van der Waals surface area contributed by atoms with Gasteiger partial charge in [-0.15, -0.1) is 0 Å². The van der Waals surface area contributed by atoms with Gasteiger partial charge in [0.1, 0.15) is 5.58 Å². The van der Waals surface area contributed by atoms with Crippen molar-refractivity contribution < 1.29 is 9.21 Å². The van der Waals surface area contributed by atoms with E-state index in [2.05, 4.69) is 16.0 Å². The first-order chi connectivity index (χ1) is 14.1. The molecule has 1 aliphatic rings. The SMILES string of the molecule is Cc1ccc(CNC(=O)Nc2c(NC3CCCC3)c3ccccc3oc2=O)cc1. The van der Waals surface area contributed by atoms with Gasteiger partial charge in [-0.2, -0.15) is 0 Å². The van der Waals surface area contributed by atoms with Crippen molar-refractivity contribution in [3.05, 3.63) is 70.1 Å². The van der Waals surface area contributed by atoms with E-state index >= 15 is 0 Å². The van der Waals surface area contributed by atoms with Gasteiger partial charge < -0.3 is 15.1 Å². The number of hydrogen-bond acceptors (Lipinski definition) is 4. The van der Waals surface area contributed by atoms with Gasteiger partial charge in [-0.05, 0) is 37.5 Å². The van der Waals surface area contributed by atoms with Crippen molar-refractivity contribution >= 4 is 28.4 Å². The third kappa shape index (κ3) is 4.42. The number of rotatable bonds is 5. The van der Waals surface area contributed by atoms with Crippen LogP contribution in [0.5, 0.6) is 0 Å². The number of fused-ring (bicyclic) bond motifs is 1. The van der Waals surface area contributed by atoms with Crippen molar-refractivity contribution in [2.24, 2.45) is 0 Å². The molecule has 0 spiro atoms. The number of hydrogen-bond donors (Lipinski definition) is 3. The van der Waals surface area contributed by atoms with E-state index < -0.39 is 11.7 Å². The Morgan fingerprint density at radius 2 is 1.76 bits per heavy atom. The van der Waals surface area contributed by atoms with Crippen molar-refractivity contribution in [3.8, 4) is 0 Å². The van der Waals surface area contributed by atoms with E-state index in [1.54, 1.807) is 6.07 Å². The van der Waals surface area contributed by atoms with Gasteiger partial charge in [-0.1, -0.05) is 54.8 Å². The first-order valence-corrected chi connectivity index (χ1v) is 10.0. The lowest BCUT2D eigenvalue weighted by atomic mass is 10.1. The summed E-state index contributed by atoms with van der Waals surface area (Å²) < 4.78 is 5.44. The molecule has 1 aliphatic carbocycles. The molecule has 0 bridgehead atoms. The van der Waals surface area contributed by atoms with Gasteiger partial charge in [-0.25, -0.2) is 9.59 Å². The molecule has 2 aromatic carbocycles. The highest BCUT2D eigenvalue weighted by atomic mass is 16.4. The Hall–Kier alpha value is -3.28. The van der Waals surface area contributed by atoms with Crippen LogP contribution in [0.15, 0.2) is 57.7 Å². The molecule has 1 heterocycles. The maximum atomic E-state index is 12.6. The van der Waals surface area contributed by atoms with E-state index in [1.165, 1.54) is 0 Å². The topological polar surface area (TPSA) is 83.4 Å². The summed E-state index contributed by atoms with van der Waals surface area (Å²) in [6.45, 7) is 2.39. The van der Waals surface area contributed by atoms with Crippen molar-refractivity contribution in [2.45, 2.75) is 45.2 Å². The minimum atomic E-state index is -0.560. The molecular weight excluding hydrogens is 366 g/mol. The minimum absolute atomic E-state index is 0.150. The van der Waals surface area contributed by atoms with Gasteiger partial charge >= 0.3 is 11.7 Å². The molecule has 1 aromatic heterocycles. The van der Waals surface area contributed by atoms with Crippen LogP contribution in [-0.4, -0.2) is 12.1 Å². The number of nitrogens with one attached hydrogen (secondary N) is 3. The number of carbonyl (C=O) groups excluding carboxylic acids is 1.